The molecule has 7 N–H and O–H groups in total. The topological polar surface area (TPSA) is 322 Å². The highest BCUT2D eigenvalue weighted by Crippen LogP contribution is 2.67. The van der Waals surface area contributed by atoms with Gasteiger partial charge in [-0.1, -0.05) is 146 Å². The Morgan fingerprint density at radius 3 is 1.29 bits per heavy atom. The van der Waals surface area contributed by atoms with E-state index in [-0.39, 0.29) is 126 Å². The van der Waals surface area contributed by atoms with Crippen LogP contribution in [0.4, 0.5) is 0 Å². The summed E-state index contributed by atoms with van der Waals surface area (Å²) in [4.78, 5) is 109. The van der Waals surface area contributed by atoms with E-state index < -0.39 is 118 Å². The number of nitrogens with one attached hydrogen (secondary N) is 2. The third-order valence-corrected chi connectivity index (χ3v) is 29.6. The van der Waals surface area contributed by atoms with Crippen LogP contribution >= 0.6 is 12.4 Å². The zero-order valence-corrected chi connectivity index (χ0v) is 61.7. The Labute approximate surface area is 579 Å². The number of nitrogens with zero attached hydrogens (tertiary/aromatic N) is 2. The number of sulfone groups is 2. The van der Waals surface area contributed by atoms with Crippen molar-refractivity contribution in [1.82, 2.24) is 20.4 Å². The van der Waals surface area contributed by atoms with E-state index in [1.807, 2.05) is 41.5 Å². The molecular formula is C73H118ClN5O15S2. The van der Waals surface area contributed by atoms with Crippen LogP contribution in [-0.4, -0.2) is 167 Å². The Bertz CT molecular complexity index is 3120. The molecule has 6 saturated carbocycles. The smallest absolute Gasteiger partial charge is 0.326 e. The van der Waals surface area contributed by atoms with Gasteiger partial charge in [0.1, 0.15) is 29.8 Å². The number of nitrogens with two attached hydrogens (primary N) is 1. The molecule has 14 atom stereocenters. The van der Waals surface area contributed by atoms with E-state index in [4.69, 9.17) is 5.73 Å². The molecule has 0 radical (unpaired) electrons. The number of hydrogen-bond acceptors (Lipinski definition) is 15. The van der Waals surface area contributed by atoms with E-state index in [1.54, 1.807) is 17.1 Å². The summed E-state index contributed by atoms with van der Waals surface area (Å²) in [7, 11) is -6.32. The predicted molar refractivity (Wildman–Crippen MR) is 371 cm³/mol. The van der Waals surface area contributed by atoms with Crippen molar-refractivity contribution < 1.29 is 70.5 Å². The highest BCUT2D eigenvalue weighted by atomic mass is 35.5. The Kier molecular flexibility index (Phi) is 25.3. The highest BCUT2D eigenvalue weighted by molar-refractivity contribution is 7.93. The SMILES string of the molecule is C=CCNC(=O)C(O)[C@@H](CC(=O)[C@@H]1[C@@H]2[C@H](CN1C(=O)[C@@H](CC(=O)CC1([C@@H]3CCS3(=O)=O)CCCCC1)C(C)(C)C)C2(C)C)CC1CC1.C=CCNC(=O)C(O)[C@@H](N)CC1CC1.CC(C)(C)[C@H](CC(=O)CC1([C@@H]2CCS2(=O)=O)CCCCC1)C(=O)N1C[C@H]2[C@@H]([C@H]1C(=O)O)C2(C)C.Cl. The maximum atomic E-state index is 14.5. The molecule has 0 aromatic rings. The number of aliphatic hydroxyl groups is 2. The van der Waals surface area contributed by atoms with Crippen LogP contribution in [0.5, 0.6) is 0 Å². The van der Waals surface area contributed by atoms with Gasteiger partial charge >= 0.3 is 5.97 Å². The average Bonchev–Trinajstić information content (AvgIpc) is 1.53. The van der Waals surface area contributed by atoms with Gasteiger partial charge in [-0.15, -0.1) is 25.6 Å². The van der Waals surface area contributed by atoms with Crippen molar-refractivity contribution in [2.75, 3.05) is 37.7 Å². The number of piperidine rings is 2. The van der Waals surface area contributed by atoms with Gasteiger partial charge in [-0.05, 0) is 113 Å². The quantitative estimate of drug-likeness (QED) is 0.0400. The third-order valence-electron chi connectivity index (χ3n) is 24.8. The lowest BCUT2D eigenvalue weighted by Crippen LogP contribution is -2.52. The second kappa shape index (κ2) is 30.6. The molecule has 0 aromatic heterocycles. The van der Waals surface area contributed by atoms with Crippen LogP contribution in [0.2, 0.25) is 0 Å². The predicted octanol–water partition coefficient (Wildman–Crippen LogP) is 8.56. The molecule has 2 unspecified atom stereocenters. The van der Waals surface area contributed by atoms with Gasteiger partial charge in [-0.2, -0.15) is 0 Å². The molecule has 544 valence electrons. The number of amides is 4. The number of ketones is 3. The molecule has 96 heavy (non-hydrogen) atoms. The van der Waals surface area contributed by atoms with Crippen molar-refractivity contribution in [2.45, 2.75) is 258 Å². The van der Waals surface area contributed by atoms with Crippen LogP contribution in [-0.2, 0) is 58.0 Å². The van der Waals surface area contributed by atoms with Gasteiger partial charge in [0.25, 0.3) is 5.91 Å². The molecule has 6 aliphatic carbocycles. The monoisotopic (exact) mass is 1400 g/mol. The van der Waals surface area contributed by atoms with Crippen LogP contribution in [0.25, 0.3) is 0 Å². The van der Waals surface area contributed by atoms with Gasteiger partial charge in [0, 0.05) is 88.0 Å². The minimum atomic E-state index is -3.18. The molecule has 4 amide bonds. The number of Topliss-reactive ketones (excluding diaryl/α,β-unsaturated/α-hetero) is 3. The molecule has 10 rings (SSSR count). The van der Waals surface area contributed by atoms with E-state index in [2.05, 4.69) is 51.5 Å². The fourth-order valence-electron chi connectivity index (χ4n) is 18.3. The lowest BCUT2D eigenvalue weighted by Gasteiger charge is -2.47. The first kappa shape index (κ1) is 79.2. The minimum absolute atomic E-state index is 0. The number of carbonyl (C=O) groups excluding carboxylic acids is 7. The lowest BCUT2D eigenvalue weighted by atomic mass is 9.66. The van der Waals surface area contributed by atoms with Crippen molar-refractivity contribution in [3.05, 3.63) is 25.3 Å². The molecule has 23 heteroatoms. The molecule has 20 nitrogen and oxygen atoms in total. The van der Waals surface area contributed by atoms with E-state index >= 15 is 0 Å². The summed E-state index contributed by atoms with van der Waals surface area (Å²) in [6.45, 7) is 28.6. The van der Waals surface area contributed by atoms with Crippen molar-refractivity contribution >= 4 is 79.0 Å². The maximum Gasteiger partial charge on any atom is 0.326 e. The van der Waals surface area contributed by atoms with Gasteiger partial charge in [0.15, 0.2) is 25.5 Å². The second-order valence-corrected chi connectivity index (χ2v) is 38.9. The third kappa shape index (κ3) is 17.8. The first-order chi connectivity index (χ1) is 44.2. The van der Waals surface area contributed by atoms with Gasteiger partial charge in [0.2, 0.25) is 17.7 Å². The van der Waals surface area contributed by atoms with Gasteiger partial charge < -0.3 is 41.5 Å². The zero-order valence-electron chi connectivity index (χ0n) is 59.2. The number of halogens is 1. The molecule has 10 aliphatic rings. The lowest BCUT2D eigenvalue weighted by molar-refractivity contribution is -0.154. The number of rotatable bonds is 28. The Morgan fingerprint density at radius 2 is 0.948 bits per heavy atom. The zero-order chi connectivity index (χ0) is 70.3. The van der Waals surface area contributed by atoms with Gasteiger partial charge in [-0.3, -0.25) is 33.6 Å². The van der Waals surface area contributed by atoms with E-state index in [0.29, 0.717) is 50.7 Å². The van der Waals surface area contributed by atoms with E-state index in [0.717, 1.165) is 83.5 Å². The van der Waals surface area contributed by atoms with Crippen LogP contribution in [0.3, 0.4) is 0 Å². The fourth-order valence-corrected chi connectivity index (χ4v) is 22.1. The van der Waals surface area contributed by atoms with Crippen LogP contribution < -0.4 is 16.4 Å². The number of likely N-dealkylation sites (tertiary alicyclic amines) is 2. The summed E-state index contributed by atoms with van der Waals surface area (Å²) in [6.07, 6.45) is 16.9. The van der Waals surface area contributed by atoms with Crippen molar-refractivity contribution in [1.29, 1.82) is 0 Å². The first-order valence-corrected chi connectivity index (χ1v) is 39.3. The number of fused-ring (bicyclic) bond motifs is 2. The molecule has 0 spiro atoms. The summed E-state index contributed by atoms with van der Waals surface area (Å²) >= 11 is 0. The van der Waals surface area contributed by atoms with Crippen LogP contribution in [0.1, 0.15) is 217 Å². The molecule has 4 heterocycles. The molecule has 0 aromatic carbocycles. The number of carboxylic acids is 1. The standard InChI is InChI=1S/C37H58N2O7S.C26H41NO6S.C10H18N2O2.ClH/c1-7-16-38-33(43)32(42)24(18-23-11-12-23)19-28(41)31-30-27(36(30,5)6)22-39(31)34(44)26(35(2,3)4)20-25(40)21-37(14-9-8-10-15-37)29-13-17-47(29,45)46;1-24(2,3)17(22(29)27-15-18-20(25(18,4)5)21(27)23(30)31)13-16(28)14-26(10-7-6-8-11-26)19-9-12-34(19,32)33;1-2-5-12-10(14)9(13)8(11)6-7-3-4-7;/h7,23-24,26-27,29-32,42H,1,8-22H2,2-6H3,(H,38,43);17-21H,6-15H2,1-5H3,(H,30,31);2,7-9,13H,1,3-6,11H2,(H,12,14);1H/t24-,26-,27+,29+,30+,31-,32?;17-,18+,19+,20+,21+;8-,9?;/m110./s1. The normalized spacial score (nSPS) is 29.9. The van der Waals surface area contributed by atoms with Crippen molar-refractivity contribution in [3.63, 3.8) is 0 Å². The summed E-state index contributed by atoms with van der Waals surface area (Å²) in [6, 6.07) is -1.93. The summed E-state index contributed by atoms with van der Waals surface area (Å²) in [5.41, 5.74) is 3.41. The summed E-state index contributed by atoms with van der Waals surface area (Å²) < 4.78 is 50.6. The second-order valence-electron chi connectivity index (χ2n) is 34.3. The van der Waals surface area contributed by atoms with Crippen molar-refractivity contribution in [2.24, 2.45) is 91.5 Å². The number of carboxylic acid groups (broad SMARTS) is 1. The Balaban J connectivity index is 0.000000231. The number of hydrogen-bond donors (Lipinski definition) is 6. The van der Waals surface area contributed by atoms with E-state index in [1.165, 1.54) is 17.7 Å². The first-order valence-electron chi connectivity index (χ1n) is 35.9. The largest absolute Gasteiger partial charge is 0.480 e. The summed E-state index contributed by atoms with van der Waals surface area (Å²) in [5, 5.41) is 34.7. The number of aliphatic hydroxyl groups excluding tert-OH is 2. The Hall–Kier alpha value is -4.09. The van der Waals surface area contributed by atoms with Crippen LogP contribution in [0, 0.1) is 85.8 Å². The highest BCUT2D eigenvalue weighted by Gasteiger charge is 2.71. The fraction of sp³-hybridized carbons (Fsp3) is 0.836. The molecule has 4 aliphatic heterocycles. The minimum Gasteiger partial charge on any atom is -0.480 e. The van der Waals surface area contributed by atoms with Gasteiger partial charge in [0.05, 0.1) is 28.0 Å². The van der Waals surface area contributed by atoms with Gasteiger partial charge in [-0.25, -0.2) is 21.6 Å². The molecule has 10 fully saturated rings. The average molecular weight is 1410 g/mol. The molecular weight excluding hydrogens is 1290 g/mol. The van der Waals surface area contributed by atoms with Crippen LogP contribution in [0.15, 0.2) is 25.3 Å². The maximum absolute atomic E-state index is 14.5. The summed E-state index contributed by atoms with van der Waals surface area (Å²) in [5.74, 6) is -2.65. The van der Waals surface area contributed by atoms with E-state index in [9.17, 15) is 70.5 Å². The molecule has 0 bridgehead atoms. The number of carbonyl (C=O) groups is 8. The Morgan fingerprint density at radius 1 is 0.573 bits per heavy atom. The number of aliphatic carboxylic acids is 1. The van der Waals surface area contributed by atoms with Crippen molar-refractivity contribution in [3.8, 4) is 0 Å². The molecule has 4 saturated heterocycles.